The van der Waals surface area contributed by atoms with Gasteiger partial charge < -0.3 is 15.0 Å². The molecule has 2 N–H and O–H groups in total. The summed E-state index contributed by atoms with van der Waals surface area (Å²) in [7, 11) is -3.48. The molecule has 0 radical (unpaired) electrons. The molecule has 1 amide bonds. The fourth-order valence-corrected chi connectivity index (χ4v) is 4.86. The van der Waals surface area contributed by atoms with Gasteiger partial charge in [-0.25, -0.2) is 8.42 Å². The zero-order valence-corrected chi connectivity index (χ0v) is 16.8. The zero-order chi connectivity index (χ0) is 20.3. The highest BCUT2D eigenvalue weighted by atomic mass is 32.2. The van der Waals surface area contributed by atoms with Crippen LogP contribution in [0.1, 0.15) is 19.4 Å². The van der Waals surface area contributed by atoms with Gasteiger partial charge in [0.2, 0.25) is 15.9 Å². The van der Waals surface area contributed by atoms with Crippen LogP contribution in [0.25, 0.3) is 10.9 Å². The highest BCUT2D eigenvalue weighted by molar-refractivity contribution is 7.89. The van der Waals surface area contributed by atoms with Crippen molar-refractivity contribution in [2.45, 2.75) is 32.5 Å². The Morgan fingerprint density at radius 3 is 2.64 bits per heavy atom. The number of hydrogen-bond acceptors (Lipinski definition) is 5. The molecular formula is C19H25N3O5S. The van der Waals surface area contributed by atoms with Gasteiger partial charge >= 0.3 is 0 Å². The molecule has 1 fully saturated rings. The molecule has 0 bridgehead atoms. The molecule has 1 aromatic heterocycles. The molecule has 0 spiro atoms. The van der Waals surface area contributed by atoms with Gasteiger partial charge in [-0.2, -0.15) is 4.31 Å². The quantitative estimate of drug-likeness (QED) is 0.730. The smallest absolute Gasteiger partial charge is 0.252 e. The van der Waals surface area contributed by atoms with Crippen molar-refractivity contribution >= 4 is 26.8 Å². The number of morpholine rings is 1. The van der Waals surface area contributed by atoms with Gasteiger partial charge in [0.15, 0.2) is 0 Å². The summed E-state index contributed by atoms with van der Waals surface area (Å²) in [5.74, 6) is -0.577. The number of sulfonamides is 1. The molecule has 2 aromatic rings. The van der Waals surface area contributed by atoms with Crippen LogP contribution in [0.2, 0.25) is 0 Å². The summed E-state index contributed by atoms with van der Waals surface area (Å²) in [4.78, 5) is 27.0. The lowest BCUT2D eigenvalue weighted by Gasteiger charge is -2.34. The fraction of sp³-hybridized carbons (Fsp3) is 0.474. The van der Waals surface area contributed by atoms with Crippen molar-refractivity contribution in [2.24, 2.45) is 0 Å². The molecule has 3 rings (SSSR count). The largest absolute Gasteiger partial charge is 0.373 e. The van der Waals surface area contributed by atoms with Crippen LogP contribution in [0.3, 0.4) is 0 Å². The van der Waals surface area contributed by atoms with Gasteiger partial charge in [-0.1, -0.05) is 18.2 Å². The molecule has 1 aliphatic heterocycles. The maximum absolute atomic E-state index is 12.5. The third-order valence-corrected chi connectivity index (χ3v) is 6.45. The fourth-order valence-electron chi connectivity index (χ4n) is 3.37. The van der Waals surface area contributed by atoms with E-state index in [4.69, 9.17) is 4.74 Å². The minimum atomic E-state index is -3.48. The Balaban J connectivity index is 1.56. The average Bonchev–Trinajstić information content (AvgIpc) is 2.61. The summed E-state index contributed by atoms with van der Waals surface area (Å²) >= 11 is 0. The van der Waals surface area contributed by atoms with E-state index in [1.807, 2.05) is 32.0 Å². The lowest BCUT2D eigenvalue weighted by Crippen LogP contribution is -2.49. The number of amides is 1. The lowest BCUT2D eigenvalue weighted by atomic mass is 10.1. The van der Waals surface area contributed by atoms with E-state index in [0.717, 1.165) is 5.39 Å². The van der Waals surface area contributed by atoms with Crippen LogP contribution in [0.4, 0.5) is 0 Å². The Morgan fingerprint density at radius 2 is 1.93 bits per heavy atom. The van der Waals surface area contributed by atoms with E-state index in [2.05, 4.69) is 10.3 Å². The third-order valence-electron chi connectivity index (χ3n) is 4.64. The Labute approximate surface area is 163 Å². The van der Waals surface area contributed by atoms with E-state index in [-0.39, 0.29) is 42.4 Å². The number of fused-ring (bicyclic) bond motifs is 1. The molecule has 0 unspecified atom stereocenters. The van der Waals surface area contributed by atoms with Gasteiger partial charge in [0.1, 0.15) is 0 Å². The molecule has 2 atom stereocenters. The first-order chi connectivity index (χ1) is 13.2. The first kappa shape index (κ1) is 20.5. The van der Waals surface area contributed by atoms with E-state index >= 15 is 0 Å². The summed E-state index contributed by atoms with van der Waals surface area (Å²) in [5, 5.41) is 3.43. The molecule has 1 aliphatic rings. The van der Waals surface area contributed by atoms with Crippen molar-refractivity contribution in [3.8, 4) is 0 Å². The van der Waals surface area contributed by atoms with Gasteiger partial charge in [-0.3, -0.25) is 9.59 Å². The van der Waals surface area contributed by atoms with Crippen molar-refractivity contribution in [1.82, 2.24) is 14.6 Å². The minimum absolute atomic E-state index is 0.00717. The Bertz CT molecular complexity index is 1010. The van der Waals surface area contributed by atoms with E-state index < -0.39 is 10.0 Å². The number of benzene rings is 1. The summed E-state index contributed by atoms with van der Waals surface area (Å²) < 4.78 is 31.9. The number of pyridine rings is 1. The molecule has 9 heteroatoms. The number of hydrogen-bond donors (Lipinski definition) is 2. The molecule has 28 heavy (non-hydrogen) atoms. The van der Waals surface area contributed by atoms with Crippen LogP contribution in [0, 0.1) is 0 Å². The third kappa shape index (κ3) is 4.98. The van der Waals surface area contributed by atoms with Gasteiger partial charge in [-0.05, 0) is 31.4 Å². The van der Waals surface area contributed by atoms with Crippen molar-refractivity contribution < 1.29 is 17.9 Å². The minimum Gasteiger partial charge on any atom is -0.373 e. The second-order valence-corrected chi connectivity index (χ2v) is 9.22. The number of nitrogens with zero attached hydrogens (tertiary/aromatic N) is 1. The van der Waals surface area contributed by atoms with Crippen LogP contribution in [-0.4, -0.2) is 61.2 Å². The maximum atomic E-state index is 12.5. The number of carbonyl (C=O) groups is 1. The van der Waals surface area contributed by atoms with Crippen molar-refractivity contribution in [1.29, 1.82) is 0 Å². The lowest BCUT2D eigenvalue weighted by molar-refractivity contribution is -0.120. The summed E-state index contributed by atoms with van der Waals surface area (Å²) in [6.45, 7) is 4.29. The second kappa shape index (κ2) is 8.42. The summed E-state index contributed by atoms with van der Waals surface area (Å²) in [6, 6.07) is 8.99. The van der Waals surface area contributed by atoms with Crippen LogP contribution in [0.15, 0.2) is 35.1 Å². The van der Waals surface area contributed by atoms with Crippen molar-refractivity contribution in [3.63, 3.8) is 0 Å². The van der Waals surface area contributed by atoms with Crippen molar-refractivity contribution in [3.05, 3.63) is 46.2 Å². The normalized spacial score (nSPS) is 20.9. The van der Waals surface area contributed by atoms with Gasteiger partial charge in [0.25, 0.3) is 5.56 Å². The molecule has 0 saturated carbocycles. The Hall–Kier alpha value is -2.23. The molecule has 152 valence electrons. The van der Waals surface area contributed by atoms with Crippen LogP contribution in [-0.2, 0) is 26.0 Å². The molecule has 8 nitrogen and oxygen atoms in total. The highest BCUT2D eigenvalue weighted by Gasteiger charge is 2.30. The number of para-hydroxylation sites is 1. The van der Waals surface area contributed by atoms with Gasteiger partial charge in [-0.15, -0.1) is 0 Å². The maximum Gasteiger partial charge on any atom is 0.252 e. The number of rotatable bonds is 6. The first-order valence-corrected chi connectivity index (χ1v) is 10.9. The Kier molecular flexibility index (Phi) is 6.17. The summed E-state index contributed by atoms with van der Waals surface area (Å²) in [5.41, 5.74) is 0.726. The molecule has 2 heterocycles. The van der Waals surface area contributed by atoms with Crippen LogP contribution < -0.4 is 10.9 Å². The molecule has 1 saturated heterocycles. The number of H-pyrrole nitrogens is 1. The molecule has 1 aromatic carbocycles. The number of aromatic nitrogens is 1. The first-order valence-electron chi connectivity index (χ1n) is 9.25. The predicted octanol–water partition coefficient (Wildman–Crippen LogP) is 0.626. The second-order valence-electron chi connectivity index (χ2n) is 7.13. The SMILES string of the molecule is C[C@@H]1CN(S(=O)(=O)CCNC(=O)Cc2cc3ccccc3[nH]c2=O)C[C@H](C)O1. The number of nitrogens with one attached hydrogen (secondary N) is 2. The number of aromatic amines is 1. The highest BCUT2D eigenvalue weighted by Crippen LogP contribution is 2.14. The van der Waals surface area contributed by atoms with E-state index in [1.54, 1.807) is 12.1 Å². The standard InChI is InChI=1S/C19H25N3O5S/c1-13-11-22(12-14(2)27-13)28(25,26)8-7-20-18(23)10-16-9-15-5-3-4-6-17(15)21-19(16)24/h3-6,9,13-14H,7-8,10-12H2,1-2H3,(H,20,23)(H,21,24)/t13-,14+. The van der Waals surface area contributed by atoms with Crippen LogP contribution in [0.5, 0.6) is 0 Å². The zero-order valence-electron chi connectivity index (χ0n) is 16.0. The Morgan fingerprint density at radius 1 is 1.25 bits per heavy atom. The van der Waals surface area contributed by atoms with E-state index in [1.165, 1.54) is 4.31 Å². The van der Waals surface area contributed by atoms with Crippen LogP contribution >= 0.6 is 0 Å². The number of carbonyl (C=O) groups excluding carboxylic acids is 1. The van der Waals surface area contributed by atoms with Crippen molar-refractivity contribution in [2.75, 3.05) is 25.4 Å². The number of ether oxygens (including phenoxy) is 1. The van der Waals surface area contributed by atoms with E-state index in [0.29, 0.717) is 24.2 Å². The molecule has 0 aliphatic carbocycles. The average molecular weight is 407 g/mol. The summed E-state index contributed by atoms with van der Waals surface area (Å²) in [6.07, 6.45) is -0.424. The predicted molar refractivity (Wildman–Crippen MR) is 107 cm³/mol. The monoisotopic (exact) mass is 407 g/mol. The molecular weight excluding hydrogens is 382 g/mol. The van der Waals surface area contributed by atoms with Gasteiger partial charge in [0.05, 0.1) is 24.4 Å². The van der Waals surface area contributed by atoms with E-state index in [9.17, 15) is 18.0 Å². The van der Waals surface area contributed by atoms with Gasteiger partial charge in [0, 0.05) is 30.7 Å². The topological polar surface area (TPSA) is 109 Å².